The van der Waals surface area contributed by atoms with E-state index in [0.29, 0.717) is 0 Å². The molecule has 2 aliphatic carbocycles. The SMILES string of the molecule is Nc1cccc(CCCNCC(C2CC2)C2CC2)c1. The molecule has 0 unspecified atom stereocenters. The second-order valence-electron chi connectivity index (χ2n) is 6.39. The first-order valence-corrected chi connectivity index (χ1v) is 7.88. The summed E-state index contributed by atoms with van der Waals surface area (Å²) >= 11 is 0. The van der Waals surface area contributed by atoms with Crippen LogP contribution in [0.1, 0.15) is 37.7 Å². The molecule has 19 heavy (non-hydrogen) atoms. The van der Waals surface area contributed by atoms with Crippen LogP contribution in [0.3, 0.4) is 0 Å². The molecule has 0 aliphatic heterocycles. The van der Waals surface area contributed by atoms with E-state index in [4.69, 9.17) is 5.73 Å². The highest BCUT2D eigenvalue weighted by Gasteiger charge is 2.40. The summed E-state index contributed by atoms with van der Waals surface area (Å²) in [6.07, 6.45) is 8.32. The van der Waals surface area contributed by atoms with Crippen LogP contribution in [0.5, 0.6) is 0 Å². The Morgan fingerprint density at radius 2 is 1.89 bits per heavy atom. The topological polar surface area (TPSA) is 38.0 Å². The van der Waals surface area contributed by atoms with Crippen LogP contribution in [0, 0.1) is 17.8 Å². The van der Waals surface area contributed by atoms with Gasteiger partial charge in [0.05, 0.1) is 0 Å². The van der Waals surface area contributed by atoms with Gasteiger partial charge in [-0.15, -0.1) is 0 Å². The molecule has 3 N–H and O–H groups in total. The highest BCUT2D eigenvalue weighted by Crippen LogP contribution is 2.48. The molecule has 0 bridgehead atoms. The van der Waals surface area contributed by atoms with E-state index in [1.165, 1.54) is 44.2 Å². The molecule has 2 saturated carbocycles. The first kappa shape index (κ1) is 13.0. The van der Waals surface area contributed by atoms with Gasteiger partial charge in [0.15, 0.2) is 0 Å². The summed E-state index contributed by atoms with van der Waals surface area (Å²) in [5.41, 5.74) is 8.04. The fraction of sp³-hybridized carbons (Fsp3) is 0.647. The fourth-order valence-electron chi connectivity index (χ4n) is 3.20. The Labute approximate surface area is 116 Å². The summed E-state index contributed by atoms with van der Waals surface area (Å²) in [4.78, 5) is 0. The molecule has 1 aromatic rings. The summed E-state index contributed by atoms with van der Waals surface area (Å²) in [6, 6.07) is 8.27. The molecular formula is C17H26N2. The predicted molar refractivity (Wildman–Crippen MR) is 81.0 cm³/mol. The number of benzene rings is 1. The molecule has 2 nitrogen and oxygen atoms in total. The van der Waals surface area contributed by atoms with Crippen LogP contribution in [-0.4, -0.2) is 13.1 Å². The summed E-state index contributed by atoms with van der Waals surface area (Å²) in [5.74, 6) is 3.12. The number of rotatable bonds is 8. The first-order valence-electron chi connectivity index (χ1n) is 7.88. The third-order valence-corrected chi connectivity index (χ3v) is 4.61. The smallest absolute Gasteiger partial charge is 0.0316 e. The van der Waals surface area contributed by atoms with Crippen LogP contribution in [0.25, 0.3) is 0 Å². The van der Waals surface area contributed by atoms with Crippen LogP contribution in [0.4, 0.5) is 5.69 Å². The summed E-state index contributed by atoms with van der Waals surface area (Å²) in [6.45, 7) is 2.40. The van der Waals surface area contributed by atoms with Crippen molar-refractivity contribution in [3.8, 4) is 0 Å². The van der Waals surface area contributed by atoms with Crippen LogP contribution < -0.4 is 11.1 Å². The third kappa shape index (κ3) is 3.97. The molecule has 0 radical (unpaired) electrons. The van der Waals surface area contributed by atoms with Gasteiger partial charge < -0.3 is 11.1 Å². The van der Waals surface area contributed by atoms with Gasteiger partial charge in [0.2, 0.25) is 0 Å². The predicted octanol–water partition coefficient (Wildman–Crippen LogP) is 3.23. The molecule has 2 fully saturated rings. The lowest BCUT2D eigenvalue weighted by molar-refractivity contribution is 0.378. The monoisotopic (exact) mass is 258 g/mol. The van der Waals surface area contributed by atoms with E-state index in [1.807, 2.05) is 12.1 Å². The third-order valence-electron chi connectivity index (χ3n) is 4.61. The van der Waals surface area contributed by atoms with Crippen LogP contribution in [0.2, 0.25) is 0 Å². The van der Waals surface area contributed by atoms with Crippen molar-refractivity contribution in [3.05, 3.63) is 29.8 Å². The fourth-order valence-corrected chi connectivity index (χ4v) is 3.20. The lowest BCUT2D eigenvalue weighted by atomic mass is 9.98. The number of hydrogen-bond acceptors (Lipinski definition) is 2. The lowest BCUT2D eigenvalue weighted by Crippen LogP contribution is -2.26. The van der Waals surface area contributed by atoms with Gasteiger partial charge >= 0.3 is 0 Å². The molecular weight excluding hydrogens is 232 g/mol. The highest BCUT2D eigenvalue weighted by molar-refractivity contribution is 5.40. The molecule has 1 aromatic carbocycles. The average molecular weight is 258 g/mol. The Bertz CT molecular complexity index is 395. The standard InChI is InChI=1S/C17H26N2/c18-16-5-1-3-13(11-16)4-2-10-19-12-17(14-6-7-14)15-8-9-15/h1,3,5,11,14-15,17,19H,2,4,6-10,12,18H2. The molecule has 2 aliphatic rings. The van der Waals surface area contributed by atoms with E-state index in [9.17, 15) is 0 Å². The molecule has 3 rings (SSSR count). The summed E-state index contributed by atoms with van der Waals surface area (Å²) < 4.78 is 0. The van der Waals surface area contributed by atoms with Gasteiger partial charge in [0.1, 0.15) is 0 Å². The zero-order valence-electron chi connectivity index (χ0n) is 11.8. The maximum absolute atomic E-state index is 5.79. The minimum Gasteiger partial charge on any atom is -0.399 e. The minimum absolute atomic E-state index is 0.882. The summed E-state index contributed by atoms with van der Waals surface area (Å²) in [7, 11) is 0. The van der Waals surface area contributed by atoms with E-state index in [0.717, 1.165) is 36.4 Å². The average Bonchev–Trinajstić information content (AvgIpc) is 3.27. The van der Waals surface area contributed by atoms with Crippen molar-refractivity contribution in [2.45, 2.75) is 38.5 Å². The van der Waals surface area contributed by atoms with Gasteiger partial charge in [-0.05, 0) is 87.1 Å². The van der Waals surface area contributed by atoms with Gasteiger partial charge in [-0.3, -0.25) is 0 Å². The van der Waals surface area contributed by atoms with Gasteiger partial charge in [-0.25, -0.2) is 0 Å². The second kappa shape index (κ2) is 5.96. The zero-order chi connectivity index (χ0) is 13.1. The van der Waals surface area contributed by atoms with Crippen molar-refractivity contribution in [1.29, 1.82) is 0 Å². The summed E-state index contributed by atoms with van der Waals surface area (Å²) in [5, 5.41) is 3.68. The Morgan fingerprint density at radius 3 is 2.53 bits per heavy atom. The molecule has 0 aromatic heterocycles. The number of nitrogens with one attached hydrogen (secondary N) is 1. The second-order valence-corrected chi connectivity index (χ2v) is 6.39. The van der Waals surface area contributed by atoms with Gasteiger partial charge in [0, 0.05) is 5.69 Å². The number of hydrogen-bond donors (Lipinski definition) is 2. The molecule has 0 amide bonds. The van der Waals surface area contributed by atoms with Crippen LogP contribution in [0.15, 0.2) is 24.3 Å². The minimum atomic E-state index is 0.882. The number of nitrogens with two attached hydrogens (primary N) is 1. The van der Waals surface area contributed by atoms with Crippen molar-refractivity contribution in [1.82, 2.24) is 5.32 Å². The van der Waals surface area contributed by atoms with Crippen molar-refractivity contribution < 1.29 is 0 Å². The van der Waals surface area contributed by atoms with E-state index in [2.05, 4.69) is 17.4 Å². The lowest BCUT2D eigenvalue weighted by Gasteiger charge is -2.16. The van der Waals surface area contributed by atoms with E-state index < -0.39 is 0 Å². The van der Waals surface area contributed by atoms with Crippen LogP contribution >= 0.6 is 0 Å². The van der Waals surface area contributed by atoms with Crippen molar-refractivity contribution in [2.24, 2.45) is 17.8 Å². The Kier molecular flexibility index (Phi) is 4.07. The molecule has 0 spiro atoms. The number of aryl methyl sites for hydroxylation is 1. The maximum Gasteiger partial charge on any atom is 0.0316 e. The van der Waals surface area contributed by atoms with Gasteiger partial charge in [0.25, 0.3) is 0 Å². The largest absolute Gasteiger partial charge is 0.399 e. The first-order chi connectivity index (χ1) is 9.33. The van der Waals surface area contributed by atoms with E-state index in [1.54, 1.807) is 0 Å². The molecule has 0 saturated heterocycles. The number of anilines is 1. The molecule has 0 atom stereocenters. The Morgan fingerprint density at radius 1 is 1.16 bits per heavy atom. The van der Waals surface area contributed by atoms with E-state index >= 15 is 0 Å². The van der Waals surface area contributed by atoms with Crippen molar-refractivity contribution in [3.63, 3.8) is 0 Å². The Balaban J connectivity index is 1.32. The Hall–Kier alpha value is -1.02. The molecule has 2 heteroatoms. The quantitative estimate of drug-likeness (QED) is 0.555. The van der Waals surface area contributed by atoms with Gasteiger partial charge in [-0.1, -0.05) is 12.1 Å². The van der Waals surface area contributed by atoms with Crippen molar-refractivity contribution >= 4 is 5.69 Å². The van der Waals surface area contributed by atoms with E-state index in [-0.39, 0.29) is 0 Å². The number of nitrogen functional groups attached to an aromatic ring is 1. The normalized spacial score (nSPS) is 19.0. The van der Waals surface area contributed by atoms with Crippen LogP contribution in [-0.2, 0) is 6.42 Å². The molecule has 0 heterocycles. The highest BCUT2D eigenvalue weighted by atomic mass is 14.9. The van der Waals surface area contributed by atoms with Gasteiger partial charge in [-0.2, -0.15) is 0 Å². The molecule has 104 valence electrons. The zero-order valence-corrected chi connectivity index (χ0v) is 11.8. The maximum atomic E-state index is 5.79. The van der Waals surface area contributed by atoms with Crippen molar-refractivity contribution in [2.75, 3.05) is 18.8 Å².